The lowest BCUT2D eigenvalue weighted by atomic mass is 10.1. The Balaban J connectivity index is 2.58. The van der Waals surface area contributed by atoms with Crippen LogP contribution in [0.3, 0.4) is 0 Å². The molecule has 1 aromatic carbocycles. The number of rotatable bonds is 5. The first-order valence-electron chi connectivity index (χ1n) is 4.86. The van der Waals surface area contributed by atoms with Crippen LogP contribution in [0.1, 0.15) is 11.1 Å². The third kappa shape index (κ3) is 5.16. The lowest BCUT2D eigenvalue weighted by molar-refractivity contribution is -0.137. The summed E-state index contributed by atoms with van der Waals surface area (Å²) in [6.45, 7) is -0.327. The Hall–Kier alpha value is -1.77. The molecule has 0 bridgehead atoms. The zero-order valence-electron chi connectivity index (χ0n) is 9.33. The van der Waals surface area contributed by atoms with Crippen LogP contribution < -0.4 is 0 Å². The first-order chi connectivity index (χ1) is 8.74. The number of hydrogen-bond acceptors (Lipinski definition) is 3. The minimum absolute atomic E-state index is 0.0678. The van der Waals surface area contributed by atoms with Gasteiger partial charge in [-0.1, -0.05) is 12.1 Å². The molecule has 0 aliphatic rings. The molecule has 6 nitrogen and oxygen atoms in total. The van der Waals surface area contributed by atoms with Gasteiger partial charge in [0.2, 0.25) is 0 Å². The molecule has 0 aliphatic carbocycles. The first-order valence-corrected chi connectivity index (χ1v) is 6.23. The highest BCUT2D eigenvalue weighted by Crippen LogP contribution is 2.29. The van der Waals surface area contributed by atoms with Crippen LogP contribution in [0.5, 0.6) is 0 Å². The van der Waals surface area contributed by atoms with Gasteiger partial charge in [0.05, 0.1) is 16.7 Å². The summed E-state index contributed by atoms with van der Waals surface area (Å²) in [6.07, 6.45) is -4.35. The Morgan fingerprint density at radius 1 is 1.26 bits per heavy atom. The molecular weight excluding hydrogens is 287 g/mol. The summed E-state index contributed by atoms with van der Waals surface area (Å²) < 4.78 is 65.1. The molecule has 0 N–H and O–H groups in total. The molecule has 0 aliphatic heterocycles. The second kappa shape index (κ2) is 5.91. The van der Waals surface area contributed by atoms with Gasteiger partial charge in [-0.25, -0.2) is 0 Å². The van der Waals surface area contributed by atoms with E-state index in [1.165, 1.54) is 12.1 Å². The third-order valence-corrected chi connectivity index (χ3v) is 2.78. The smallest absolute Gasteiger partial charge is 0.264 e. The highest BCUT2D eigenvalue weighted by atomic mass is 32.2. The number of azide groups is 1. The maximum absolute atomic E-state index is 12.3. The van der Waals surface area contributed by atoms with Gasteiger partial charge in [-0.05, 0) is 29.6 Å². The SMILES string of the molecule is [N-]=[N+]=NS(=O)(=O)OCCc1ccc(C(F)(F)F)cc1. The molecule has 0 fully saturated rings. The number of hydrogen-bond donors (Lipinski definition) is 0. The van der Waals surface area contributed by atoms with Crippen LogP contribution in [0.2, 0.25) is 0 Å². The molecule has 0 spiro atoms. The topological polar surface area (TPSA) is 92.1 Å². The average Bonchev–Trinajstić information content (AvgIpc) is 2.28. The van der Waals surface area contributed by atoms with Crippen molar-refractivity contribution in [2.75, 3.05) is 6.61 Å². The molecule has 1 aromatic rings. The van der Waals surface area contributed by atoms with Crippen LogP contribution in [-0.2, 0) is 27.1 Å². The van der Waals surface area contributed by atoms with Gasteiger partial charge in [0, 0.05) is 4.91 Å². The van der Waals surface area contributed by atoms with Gasteiger partial charge < -0.3 is 0 Å². The van der Waals surface area contributed by atoms with Crippen molar-refractivity contribution in [3.05, 3.63) is 45.8 Å². The summed E-state index contributed by atoms with van der Waals surface area (Å²) in [5.74, 6) is 0. The predicted octanol–water partition coefficient (Wildman–Crippen LogP) is 2.82. The van der Waals surface area contributed by atoms with E-state index in [0.717, 1.165) is 12.1 Å². The summed E-state index contributed by atoms with van der Waals surface area (Å²) in [6, 6.07) is 4.20. The molecule has 0 amide bonds. The molecule has 0 saturated carbocycles. The van der Waals surface area contributed by atoms with Crippen LogP contribution in [-0.4, -0.2) is 15.0 Å². The van der Waals surface area contributed by atoms with E-state index in [1.54, 1.807) is 0 Å². The quantitative estimate of drug-likeness (QED) is 0.475. The van der Waals surface area contributed by atoms with E-state index in [0.29, 0.717) is 5.56 Å². The molecule has 1 rings (SSSR count). The minimum atomic E-state index is -4.42. The molecule has 0 aromatic heterocycles. The Bertz CT molecular complexity index is 577. The Kier molecular flexibility index (Phi) is 4.76. The standard InChI is InChI=1S/C9H8F3N3O3S/c10-9(11,12)8-3-1-7(2-4-8)5-6-18-19(16,17)15-14-13/h1-4H,5-6H2. The van der Waals surface area contributed by atoms with Crippen LogP contribution in [0, 0.1) is 0 Å². The molecule has 0 saturated heterocycles. The maximum Gasteiger partial charge on any atom is 0.416 e. The van der Waals surface area contributed by atoms with Gasteiger partial charge in [-0.2, -0.15) is 21.6 Å². The van der Waals surface area contributed by atoms with Crippen molar-refractivity contribution < 1.29 is 25.8 Å². The number of alkyl halides is 3. The van der Waals surface area contributed by atoms with Crippen molar-refractivity contribution in [3.8, 4) is 0 Å². The van der Waals surface area contributed by atoms with Crippen LogP contribution >= 0.6 is 0 Å². The van der Waals surface area contributed by atoms with Gasteiger partial charge in [-0.3, -0.25) is 4.18 Å². The van der Waals surface area contributed by atoms with E-state index in [2.05, 4.69) is 13.6 Å². The van der Waals surface area contributed by atoms with Gasteiger partial charge in [0.25, 0.3) is 0 Å². The highest BCUT2D eigenvalue weighted by Gasteiger charge is 2.29. The Morgan fingerprint density at radius 2 is 1.84 bits per heavy atom. The van der Waals surface area contributed by atoms with Crippen LogP contribution in [0.4, 0.5) is 13.2 Å². The van der Waals surface area contributed by atoms with E-state index in [4.69, 9.17) is 5.53 Å². The second-order valence-corrected chi connectivity index (χ2v) is 4.62. The maximum atomic E-state index is 12.3. The van der Waals surface area contributed by atoms with Gasteiger partial charge in [0.1, 0.15) is 0 Å². The fourth-order valence-corrected chi connectivity index (χ4v) is 1.62. The van der Waals surface area contributed by atoms with Gasteiger partial charge in [0.15, 0.2) is 0 Å². The van der Waals surface area contributed by atoms with E-state index < -0.39 is 22.0 Å². The molecule has 104 valence electrons. The number of benzene rings is 1. The molecule has 0 heterocycles. The highest BCUT2D eigenvalue weighted by molar-refractivity contribution is 7.85. The summed E-state index contributed by atoms with van der Waals surface area (Å²) in [7, 11) is -4.30. The lowest BCUT2D eigenvalue weighted by Gasteiger charge is -2.07. The molecule has 0 radical (unpaired) electrons. The van der Waals surface area contributed by atoms with Gasteiger partial charge >= 0.3 is 16.5 Å². The van der Waals surface area contributed by atoms with Crippen LogP contribution in [0.25, 0.3) is 10.4 Å². The van der Waals surface area contributed by atoms with Crippen molar-refractivity contribution >= 4 is 10.3 Å². The Labute approximate surface area is 106 Å². The summed E-state index contributed by atoms with van der Waals surface area (Å²) in [5, 5.41) is 0. The fourth-order valence-electron chi connectivity index (χ4n) is 1.19. The van der Waals surface area contributed by atoms with E-state index >= 15 is 0 Å². The molecular formula is C9H8F3N3O3S. The van der Waals surface area contributed by atoms with E-state index in [1.807, 2.05) is 0 Å². The van der Waals surface area contributed by atoms with E-state index in [9.17, 15) is 21.6 Å². The third-order valence-electron chi connectivity index (χ3n) is 2.04. The summed E-state index contributed by atoms with van der Waals surface area (Å²) in [5.41, 5.74) is 7.59. The summed E-state index contributed by atoms with van der Waals surface area (Å²) >= 11 is 0. The average molecular weight is 295 g/mol. The fraction of sp³-hybridized carbons (Fsp3) is 0.333. The number of nitrogens with zero attached hydrogens (tertiary/aromatic N) is 3. The van der Waals surface area contributed by atoms with E-state index in [-0.39, 0.29) is 13.0 Å². The van der Waals surface area contributed by atoms with Gasteiger partial charge in [-0.15, -0.1) is 0 Å². The normalized spacial score (nSPS) is 11.9. The van der Waals surface area contributed by atoms with Crippen LogP contribution in [0.15, 0.2) is 28.8 Å². The van der Waals surface area contributed by atoms with Crippen molar-refractivity contribution in [1.29, 1.82) is 0 Å². The number of halogens is 3. The molecule has 10 heteroatoms. The summed E-state index contributed by atoms with van der Waals surface area (Å²) in [4.78, 5) is 2.06. The second-order valence-electron chi connectivity index (χ2n) is 3.37. The van der Waals surface area contributed by atoms with Crippen molar-refractivity contribution in [3.63, 3.8) is 0 Å². The monoisotopic (exact) mass is 295 g/mol. The zero-order chi connectivity index (χ0) is 14.5. The predicted molar refractivity (Wildman–Crippen MR) is 59.2 cm³/mol. The van der Waals surface area contributed by atoms with Crippen molar-refractivity contribution in [1.82, 2.24) is 0 Å². The molecule has 19 heavy (non-hydrogen) atoms. The molecule has 0 atom stereocenters. The Morgan fingerprint density at radius 3 is 2.32 bits per heavy atom. The largest absolute Gasteiger partial charge is 0.416 e. The minimum Gasteiger partial charge on any atom is -0.264 e. The first kappa shape index (κ1) is 15.3. The molecule has 0 unspecified atom stereocenters. The van der Waals surface area contributed by atoms with Crippen molar-refractivity contribution in [2.24, 2.45) is 4.52 Å². The lowest BCUT2D eigenvalue weighted by Crippen LogP contribution is -2.07. The van der Waals surface area contributed by atoms with Crippen molar-refractivity contribution in [2.45, 2.75) is 12.6 Å². The zero-order valence-corrected chi connectivity index (χ0v) is 10.1.